The molecule has 0 unspecified atom stereocenters. The van der Waals surface area contributed by atoms with Crippen LogP contribution >= 0.6 is 11.6 Å². The molecule has 0 N–H and O–H groups in total. The first-order valence-corrected chi connectivity index (χ1v) is 7.46. The summed E-state index contributed by atoms with van der Waals surface area (Å²) in [7, 11) is 3.35. The van der Waals surface area contributed by atoms with E-state index >= 15 is 0 Å². The number of ether oxygens (including phenoxy) is 1. The molecule has 1 aromatic heterocycles. The molecule has 5 nitrogen and oxygen atoms in total. The van der Waals surface area contributed by atoms with Gasteiger partial charge in [-0.1, -0.05) is 17.7 Å². The van der Waals surface area contributed by atoms with Gasteiger partial charge in [0, 0.05) is 24.7 Å². The molecule has 0 saturated heterocycles. The third-order valence-electron chi connectivity index (χ3n) is 3.67. The van der Waals surface area contributed by atoms with Crippen LogP contribution in [0.15, 0.2) is 24.4 Å². The predicted molar refractivity (Wildman–Crippen MR) is 86.4 cm³/mol. The maximum atomic E-state index is 12.7. The van der Waals surface area contributed by atoms with E-state index in [2.05, 4.69) is 5.10 Å². The van der Waals surface area contributed by atoms with Gasteiger partial charge in [-0.2, -0.15) is 5.10 Å². The number of amides is 1. The first-order valence-electron chi connectivity index (χ1n) is 7.08. The van der Waals surface area contributed by atoms with E-state index in [-0.39, 0.29) is 5.91 Å². The largest absolute Gasteiger partial charge is 0.496 e. The van der Waals surface area contributed by atoms with Gasteiger partial charge in [-0.25, -0.2) is 0 Å². The van der Waals surface area contributed by atoms with Gasteiger partial charge in [0.1, 0.15) is 5.75 Å². The lowest BCUT2D eigenvalue weighted by Gasteiger charge is -2.20. The van der Waals surface area contributed by atoms with Crippen molar-refractivity contribution in [2.24, 2.45) is 0 Å². The van der Waals surface area contributed by atoms with Crippen molar-refractivity contribution in [1.82, 2.24) is 14.7 Å². The highest BCUT2D eigenvalue weighted by Gasteiger charge is 2.19. The second-order valence-electron chi connectivity index (χ2n) is 5.05. The molecule has 0 saturated carbocycles. The van der Waals surface area contributed by atoms with Gasteiger partial charge >= 0.3 is 0 Å². The van der Waals surface area contributed by atoms with Crippen molar-refractivity contribution >= 4 is 17.5 Å². The molecule has 118 valence electrons. The van der Waals surface area contributed by atoms with Crippen LogP contribution in [0, 0.1) is 6.92 Å². The van der Waals surface area contributed by atoms with Crippen LogP contribution in [-0.4, -0.2) is 34.7 Å². The smallest absolute Gasteiger partial charge is 0.254 e. The van der Waals surface area contributed by atoms with E-state index < -0.39 is 0 Å². The molecule has 0 bridgehead atoms. The number of aromatic nitrogens is 2. The molecule has 1 heterocycles. The zero-order chi connectivity index (χ0) is 16.3. The molecule has 1 aromatic carbocycles. The van der Waals surface area contributed by atoms with Crippen LogP contribution in [-0.2, 0) is 13.1 Å². The minimum Gasteiger partial charge on any atom is -0.496 e. The molecule has 2 rings (SSSR count). The summed E-state index contributed by atoms with van der Waals surface area (Å²) in [5.41, 5.74) is 2.29. The van der Waals surface area contributed by atoms with Crippen LogP contribution in [0.1, 0.15) is 28.5 Å². The van der Waals surface area contributed by atoms with Crippen LogP contribution in [0.3, 0.4) is 0 Å². The van der Waals surface area contributed by atoms with Gasteiger partial charge in [0.05, 0.1) is 30.6 Å². The molecule has 6 heteroatoms. The van der Waals surface area contributed by atoms with E-state index in [9.17, 15) is 4.79 Å². The lowest BCUT2D eigenvalue weighted by atomic mass is 10.1. The van der Waals surface area contributed by atoms with Crippen molar-refractivity contribution in [2.45, 2.75) is 26.9 Å². The Hall–Kier alpha value is -2.01. The molecule has 0 aliphatic heterocycles. The van der Waals surface area contributed by atoms with Crippen LogP contribution in [0.4, 0.5) is 0 Å². The molecule has 0 spiro atoms. The zero-order valence-corrected chi connectivity index (χ0v) is 14.0. The standard InChI is InChI=1S/C16H20ClN3O2/c1-5-20-14(13(17)9-18-20)10-19(3)16(21)12-7-6-8-15(22-4)11(12)2/h6-9H,5,10H2,1-4H3. The van der Waals surface area contributed by atoms with E-state index in [1.54, 1.807) is 36.0 Å². The summed E-state index contributed by atoms with van der Waals surface area (Å²) < 4.78 is 7.07. The summed E-state index contributed by atoms with van der Waals surface area (Å²) in [5.74, 6) is 0.632. The molecule has 1 amide bonds. The molecule has 0 radical (unpaired) electrons. The third kappa shape index (κ3) is 3.09. The van der Waals surface area contributed by atoms with Crippen molar-refractivity contribution in [3.63, 3.8) is 0 Å². The van der Waals surface area contributed by atoms with Crippen LogP contribution in [0.25, 0.3) is 0 Å². The molecule has 0 atom stereocenters. The Labute approximate surface area is 135 Å². The number of hydrogen-bond acceptors (Lipinski definition) is 3. The Bertz CT molecular complexity index is 682. The highest BCUT2D eigenvalue weighted by atomic mass is 35.5. The van der Waals surface area contributed by atoms with Gasteiger partial charge in [0.15, 0.2) is 0 Å². The van der Waals surface area contributed by atoms with Gasteiger partial charge in [0.2, 0.25) is 0 Å². The molecule has 2 aromatic rings. The molecule has 0 fully saturated rings. The van der Waals surface area contributed by atoms with E-state index in [0.29, 0.717) is 29.4 Å². The Morgan fingerprint density at radius 1 is 1.45 bits per heavy atom. The van der Waals surface area contributed by atoms with Crippen molar-refractivity contribution in [3.05, 3.63) is 46.2 Å². The Balaban J connectivity index is 2.24. The number of aryl methyl sites for hydroxylation is 1. The molecular formula is C16H20ClN3O2. The topological polar surface area (TPSA) is 47.4 Å². The number of halogens is 1. The Morgan fingerprint density at radius 3 is 2.82 bits per heavy atom. The molecule has 0 aliphatic rings. The number of rotatable bonds is 5. The summed E-state index contributed by atoms with van der Waals surface area (Å²) in [6, 6.07) is 5.46. The van der Waals surface area contributed by atoms with Crippen molar-refractivity contribution in [2.75, 3.05) is 14.2 Å². The van der Waals surface area contributed by atoms with E-state index in [1.165, 1.54) is 0 Å². The summed E-state index contributed by atoms with van der Waals surface area (Å²) in [6.45, 7) is 4.98. The highest BCUT2D eigenvalue weighted by molar-refractivity contribution is 6.31. The minimum absolute atomic E-state index is 0.0729. The SMILES string of the molecule is CCn1ncc(Cl)c1CN(C)C(=O)c1cccc(OC)c1C. The minimum atomic E-state index is -0.0729. The van der Waals surface area contributed by atoms with Crippen LogP contribution in [0.5, 0.6) is 5.75 Å². The summed E-state index contributed by atoms with van der Waals surface area (Å²) in [6.07, 6.45) is 1.61. The Kier molecular flexibility index (Phi) is 5.08. The van der Waals surface area contributed by atoms with Crippen LogP contribution in [0.2, 0.25) is 5.02 Å². The van der Waals surface area contributed by atoms with Gasteiger partial charge in [-0.3, -0.25) is 9.48 Å². The second-order valence-corrected chi connectivity index (χ2v) is 5.46. The predicted octanol–water partition coefficient (Wildman–Crippen LogP) is 3.15. The zero-order valence-electron chi connectivity index (χ0n) is 13.3. The lowest BCUT2D eigenvalue weighted by molar-refractivity contribution is 0.0780. The summed E-state index contributed by atoms with van der Waals surface area (Å²) >= 11 is 6.16. The molecule has 0 aliphatic carbocycles. The average Bonchev–Trinajstić information content (AvgIpc) is 2.87. The fraction of sp³-hybridized carbons (Fsp3) is 0.375. The number of carbonyl (C=O) groups excluding carboxylic acids is 1. The van der Waals surface area contributed by atoms with Crippen molar-refractivity contribution in [1.29, 1.82) is 0 Å². The monoisotopic (exact) mass is 321 g/mol. The van der Waals surface area contributed by atoms with Crippen molar-refractivity contribution in [3.8, 4) is 5.75 Å². The number of benzene rings is 1. The van der Waals surface area contributed by atoms with E-state index in [1.807, 2.05) is 26.0 Å². The number of hydrogen-bond donors (Lipinski definition) is 0. The fourth-order valence-corrected chi connectivity index (χ4v) is 2.59. The number of carbonyl (C=O) groups is 1. The highest BCUT2D eigenvalue weighted by Crippen LogP contribution is 2.23. The van der Waals surface area contributed by atoms with Gasteiger partial charge < -0.3 is 9.64 Å². The van der Waals surface area contributed by atoms with E-state index in [0.717, 1.165) is 11.3 Å². The maximum Gasteiger partial charge on any atom is 0.254 e. The number of nitrogens with zero attached hydrogens (tertiary/aromatic N) is 3. The first-order chi connectivity index (χ1) is 10.5. The second kappa shape index (κ2) is 6.83. The maximum absolute atomic E-state index is 12.7. The van der Waals surface area contributed by atoms with E-state index in [4.69, 9.17) is 16.3 Å². The molecular weight excluding hydrogens is 302 g/mol. The normalized spacial score (nSPS) is 10.6. The third-order valence-corrected chi connectivity index (χ3v) is 3.98. The van der Waals surface area contributed by atoms with Crippen LogP contribution < -0.4 is 4.74 Å². The first kappa shape index (κ1) is 16.4. The molecule has 22 heavy (non-hydrogen) atoms. The lowest BCUT2D eigenvalue weighted by Crippen LogP contribution is -2.28. The number of methoxy groups -OCH3 is 1. The van der Waals surface area contributed by atoms with Gasteiger partial charge in [0.25, 0.3) is 5.91 Å². The van der Waals surface area contributed by atoms with Gasteiger partial charge in [-0.05, 0) is 26.0 Å². The average molecular weight is 322 g/mol. The summed E-state index contributed by atoms with van der Waals surface area (Å²) in [5, 5.41) is 4.76. The van der Waals surface area contributed by atoms with Crippen molar-refractivity contribution < 1.29 is 9.53 Å². The quantitative estimate of drug-likeness (QED) is 0.850. The fourth-order valence-electron chi connectivity index (χ4n) is 2.39. The van der Waals surface area contributed by atoms with Gasteiger partial charge in [-0.15, -0.1) is 0 Å². The Morgan fingerprint density at radius 2 is 2.18 bits per heavy atom. The summed E-state index contributed by atoms with van der Waals surface area (Å²) in [4.78, 5) is 14.3.